The molecule has 0 amide bonds. The summed E-state index contributed by atoms with van der Waals surface area (Å²) in [5.74, 6) is 0.785. The van der Waals surface area contributed by atoms with E-state index in [9.17, 15) is 0 Å². The first kappa shape index (κ1) is 17.4. The molecule has 0 atom stereocenters. The zero-order chi connectivity index (χ0) is 17.8. The summed E-state index contributed by atoms with van der Waals surface area (Å²) in [6, 6.07) is 0. The second-order valence-electron chi connectivity index (χ2n) is 6.74. The summed E-state index contributed by atoms with van der Waals surface area (Å²) in [5, 5.41) is 11.5. The predicted octanol–water partition coefficient (Wildman–Crippen LogP) is 0.940. The van der Waals surface area contributed by atoms with Crippen LogP contribution in [0.15, 0.2) is 24.7 Å². The Morgan fingerprint density at radius 1 is 1.24 bits per heavy atom. The molecule has 1 aliphatic carbocycles. The monoisotopic (exact) mass is 341 g/mol. The van der Waals surface area contributed by atoms with E-state index in [1.54, 1.807) is 12.3 Å². The van der Waals surface area contributed by atoms with Gasteiger partial charge in [-0.1, -0.05) is 6.58 Å². The lowest BCUT2D eigenvalue weighted by molar-refractivity contribution is 0.215. The van der Waals surface area contributed by atoms with Crippen molar-refractivity contribution in [2.45, 2.75) is 25.7 Å². The molecule has 0 spiro atoms. The fourth-order valence-corrected chi connectivity index (χ4v) is 3.20. The molecule has 0 bridgehead atoms. The Kier molecular flexibility index (Phi) is 5.33. The molecule has 1 aromatic heterocycles. The third-order valence-electron chi connectivity index (χ3n) is 4.70. The molecule has 25 heavy (non-hydrogen) atoms. The summed E-state index contributed by atoms with van der Waals surface area (Å²) in [6.07, 6.45) is 7.83. The number of nitrogens with two attached hydrogens (primary N) is 1. The van der Waals surface area contributed by atoms with Gasteiger partial charge in [-0.3, -0.25) is 10.4 Å². The molecule has 7 heteroatoms. The van der Waals surface area contributed by atoms with Crippen LogP contribution in [0.3, 0.4) is 0 Å². The zero-order valence-corrected chi connectivity index (χ0v) is 14.9. The highest BCUT2D eigenvalue weighted by Gasteiger charge is 2.18. The van der Waals surface area contributed by atoms with Crippen molar-refractivity contribution in [3.63, 3.8) is 0 Å². The molecular weight excluding hydrogens is 314 g/mol. The SMILES string of the molecule is C=C(N)NC(=CC(=N)N1CCN(C)CC1)c1cnc2c(n1)CCCC2. The molecule has 2 heterocycles. The Labute approximate surface area is 149 Å². The molecule has 0 saturated carbocycles. The number of aryl methyl sites for hydroxylation is 2. The Morgan fingerprint density at radius 2 is 1.92 bits per heavy atom. The van der Waals surface area contributed by atoms with Crippen LogP contribution in [0.4, 0.5) is 0 Å². The molecule has 1 aromatic rings. The fraction of sp³-hybridized carbons (Fsp3) is 0.500. The van der Waals surface area contributed by atoms with Gasteiger partial charge in [0.2, 0.25) is 0 Å². The smallest absolute Gasteiger partial charge is 0.122 e. The van der Waals surface area contributed by atoms with E-state index in [-0.39, 0.29) is 0 Å². The maximum Gasteiger partial charge on any atom is 0.122 e. The maximum atomic E-state index is 8.43. The zero-order valence-electron chi connectivity index (χ0n) is 14.9. The van der Waals surface area contributed by atoms with Crippen molar-refractivity contribution in [2.75, 3.05) is 33.2 Å². The van der Waals surface area contributed by atoms with Gasteiger partial charge < -0.3 is 20.9 Å². The first-order valence-corrected chi connectivity index (χ1v) is 8.83. The maximum absolute atomic E-state index is 8.43. The molecule has 3 rings (SSSR count). The normalized spacial score (nSPS) is 18.6. The molecule has 2 aliphatic rings. The molecule has 0 unspecified atom stereocenters. The van der Waals surface area contributed by atoms with E-state index in [2.05, 4.69) is 33.7 Å². The van der Waals surface area contributed by atoms with Crippen molar-refractivity contribution < 1.29 is 0 Å². The average Bonchev–Trinajstić information content (AvgIpc) is 2.61. The van der Waals surface area contributed by atoms with Crippen LogP contribution in [0.2, 0.25) is 0 Å². The molecule has 4 N–H and O–H groups in total. The van der Waals surface area contributed by atoms with Gasteiger partial charge >= 0.3 is 0 Å². The molecule has 0 radical (unpaired) electrons. The van der Waals surface area contributed by atoms with Crippen LogP contribution in [0.25, 0.3) is 5.70 Å². The number of rotatable bonds is 4. The lowest BCUT2D eigenvalue weighted by Gasteiger charge is -2.33. The minimum Gasteiger partial charge on any atom is -0.386 e. The van der Waals surface area contributed by atoms with Crippen LogP contribution >= 0.6 is 0 Å². The lowest BCUT2D eigenvalue weighted by Crippen LogP contribution is -2.46. The molecule has 1 fully saturated rings. The summed E-state index contributed by atoms with van der Waals surface area (Å²) in [7, 11) is 2.10. The van der Waals surface area contributed by atoms with Gasteiger partial charge in [0, 0.05) is 32.3 Å². The largest absolute Gasteiger partial charge is 0.386 e. The van der Waals surface area contributed by atoms with Crippen molar-refractivity contribution >= 4 is 11.5 Å². The number of nitrogens with zero attached hydrogens (tertiary/aromatic N) is 4. The van der Waals surface area contributed by atoms with Gasteiger partial charge in [-0.25, -0.2) is 4.98 Å². The fourth-order valence-electron chi connectivity index (χ4n) is 3.20. The van der Waals surface area contributed by atoms with E-state index in [1.807, 2.05) is 0 Å². The molecule has 0 aromatic carbocycles. The van der Waals surface area contributed by atoms with Crippen LogP contribution in [-0.2, 0) is 12.8 Å². The number of piperazine rings is 1. The third-order valence-corrected chi connectivity index (χ3v) is 4.70. The minimum absolute atomic E-state index is 0.331. The Morgan fingerprint density at radius 3 is 2.60 bits per heavy atom. The average molecular weight is 341 g/mol. The van der Waals surface area contributed by atoms with E-state index < -0.39 is 0 Å². The number of likely N-dealkylation sites (N-methyl/N-ethyl adjacent to an activating group) is 1. The Hall–Kier alpha value is -2.41. The van der Waals surface area contributed by atoms with E-state index >= 15 is 0 Å². The van der Waals surface area contributed by atoms with Gasteiger partial charge in [-0.15, -0.1) is 0 Å². The molecular formula is C18H27N7. The van der Waals surface area contributed by atoms with Crippen molar-refractivity contribution in [1.29, 1.82) is 5.41 Å². The standard InChI is InChI=1S/C18H27N7/c1-13(19)22-16(11-18(20)25-9-7-24(2)8-10-25)17-12-21-14-5-3-4-6-15(14)23-17/h11-12,20,22H,1,3-10,19H2,2H3. The topological polar surface area (TPSA) is 94.2 Å². The van der Waals surface area contributed by atoms with Crippen LogP contribution in [0, 0.1) is 5.41 Å². The third kappa shape index (κ3) is 4.36. The van der Waals surface area contributed by atoms with Gasteiger partial charge in [-0.2, -0.15) is 0 Å². The number of aromatic nitrogens is 2. The number of fused-ring (bicyclic) bond motifs is 1. The van der Waals surface area contributed by atoms with E-state index in [0.29, 0.717) is 23.0 Å². The van der Waals surface area contributed by atoms with Crippen molar-refractivity contribution in [3.05, 3.63) is 41.8 Å². The molecule has 1 aliphatic heterocycles. The highest BCUT2D eigenvalue weighted by Crippen LogP contribution is 2.20. The van der Waals surface area contributed by atoms with E-state index in [0.717, 1.165) is 56.8 Å². The van der Waals surface area contributed by atoms with Gasteiger partial charge in [0.15, 0.2) is 0 Å². The highest BCUT2D eigenvalue weighted by atomic mass is 15.3. The van der Waals surface area contributed by atoms with Crippen molar-refractivity contribution in [1.82, 2.24) is 25.1 Å². The van der Waals surface area contributed by atoms with E-state index in [4.69, 9.17) is 16.1 Å². The van der Waals surface area contributed by atoms with Gasteiger partial charge in [0.1, 0.15) is 11.5 Å². The molecule has 7 nitrogen and oxygen atoms in total. The van der Waals surface area contributed by atoms with Crippen LogP contribution < -0.4 is 11.1 Å². The van der Waals surface area contributed by atoms with E-state index in [1.165, 1.54) is 6.42 Å². The summed E-state index contributed by atoms with van der Waals surface area (Å²) in [6.45, 7) is 7.34. The first-order chi connectivity index (χ1) is 12.0. The summed E-state index contributed by atoms with van der Waals surface area (Å²) >= 11 is 0. The predicted molar refractivity (Wildman–Crippen MR) is 99.9 cm³/mol. The Balaban J connectivity index is 1.84. The van der Waals surface area contributed by atoms with Crippen LogP contribution in [-0.4, -0.2) is 58.8 Å². The number of hydrogen-bond donors (Lipinski definition) is 3. The highest BCUT2D eigenvalue weighted by molar-refractivity contribution is 5.96. The van der Waals surface area contributed by atoms with Crippen molar-refractivity contribution in [3.8, 4) is 0 Å². The second kappa shape index (κ2) is 7.65. The van der Waals surface area contributed by atoms with Crippen LogP contribution in [0.5, 0.6) is 0 Å². The Bertz CT molecular complexity index is 687. The van der Waals surface area contributed by atoms with Crippen molar-refractivity contribution in [2.24, 2.45) is 5.73 Å². The summed E-state index contributed by atoms with van der Waals surface area (Å²) < 4.78 is 0. The van der Waals surface area contributed by atoms with Gasteiger partial charge in [-0.05, 0) is 32.7 Å². The number of amidine groups is 1. The van der Waals surface area contributed by atoms with Crippen LogP contribution in [0.1, 0.15) is 29.9 Å². The van der Waals surface area contributed by atoms with Gasteiger partial charge in [0.05, 0.1) is 29.1 Å². The first-order valence-electron chi connectivity index (χ1n) is 8.83. The minimum atomic E-state index is 0.331. The second-order valence-corrected chi connectivity index (χ2v) is 6.74. The number of nitrogens with one attached hydrogen (secondary N) is 2. The lowest BCUT2D eigenvalue weighted by atomic mass is 10.0. The molecule has 1 saturated heterocycles. The number of hydrogen-bond acceptors (Lipinski definition) is 6. The summed E-state index contributed by atoms with van der Waals surface area (Å²) in [4.78, 5) is 13.7. The molecule has 134 valence electrons. The quantitative estimate of drug-likeness (QED) is 0.557. The summed E-state index contributed by atoms with van der Waals surface area (Å²) in [5.41, 5.74) is 9.30. The van der Waals surface area contributed by atoms with Gasteiger partial charge in [0.25, 0.3) is 0 Å².